The number of rotatable bonds is 2. The molecule has 1 atom stereocenters. The fourth-order valence-electron chi connectivity index (χ4n) is 1.36. The maximum Gasteiger partial charge on any atom is 0.236 e. The Hall–Kier alpha value is -0.940. The molecule has 25 heavy (non-hydrogen) atoms. The van der Waals surface area contributed by atoms with Crippen LogP contribution >= 0.6 is 0 Å². The second-order valence-corrected chi connectivity index (χ2v) is 5.48. The van der Waals surface area contributed by atoms with E-state index in [1.54, 1.807) is 19.1 Å². The highest BCUT2D eigenvalue weighted by Gasteiger charge is 2.26. The molecule has 5 heteroatoms. The fourth-order valence-corrected chi connectivity index (χ4v) is 1.36. The molecule has 1 unspecified atom stereocenters. The van der Waals surface area contributed by atoms with Gasteiger partial charge in [0.25, 0.3) is 0 Å². The van der Waals surface area contributed by atoms with Crippen LogP contribution in [0.3, 0.4) is 0 Å². The number of hydrogen-bond donors (Lipinski definition) is 1. The Bertz CT molecular complexity index is 230. The van der Waals surface area contributed by atoms with Gasteiger partial charge in [-0.15, -0.1) is 0 Å². The average Bonchev–Trinajstić information content (AvgIpc) is 3.07. The first kappa shape index (κ1) is 35.2. The van der Waals surface area contributed by atoms with Crippen molar-refractivity contribution in [2.75, 3.05) is 27.3 Å². The SMILES string of the molecule is CC.CC.CC(C)C.CCC.COC.NCC(=O)N1CCCC1C=O. The first-order valence-corrected chi connectivity index (χ1v) is 9.70. The van der Waals surface area contributed by atoms with E-state index in [2.05, 4.69) is 39.4 Å². The van der Waals surface area contributed by atoms with E-state index < -0.39 is 0 Å². The molecule has 1 aliphatic heterocycles. The topological polar surface area (TPSA) is 72.6 Å². The van der Waals surface area contributed by atoms with Crippen LogP contribution in [0.2, 0.25) is 0 Å². The van der Waals surface area contributed by atoms with Crippen LogP contribution in [0.4, 0.5) is 0 Å². The summed E-state index contributed by atoms with van der Waals surface area (Å²) in [6.07, 6.45) is 3.77. The minimum atomic E-state index is -0.217. The number of nitrogens with zero attached hydrogens (tertiary/aromatic N) is 1. The lowest BCUT2D eigenvalue weighted by atomic mass is 10.2. The van der Waals surface area contributed by atoms with E-state index in [9.17, 15) is 9.59 Å². The van der Waals surface area contributed by atoms with Crippen LogP contribution in [0.1, 0.15) is 81.6 Å². The van der Waals surface area contributed by atoms with Crippen molar-refractivity contribution >= 4 is 12.2 Å². The van der Waals surface area contributed by atoms with Crippen molar-refractivity contribution in [3.8, 4) is 0 Å². The van der Waals surface area contributed by atoms with Gasteiger partial charge in [-0.25, -0.2) is 0 Å². The Morgan fingerprint density at radius 2 is 1.48 bits per heavy atom. The van der Waals surface area contributed by atoms with Crippen LogP contribution in [-0.4, -0.2) is 50.4 Å². The van der Waals surface area contributed by atoms with Gasteiger partial charge in [-0.1, -0.05) is 68.7 Å². The highest BCUT2D eigenvalue weighted by atomic mass is 16.4. The number of carbonyl (C=O) groups is 2. The molecule has 1 aliphatic rings. The molecule has 0 aliphatic carbocycles. The molecule has 156 valence electrons. The quantitative estimate of drug-likeness (QED) is 0.731. The third-order valence-electron chi connectivity index (χ3n) is 1.95. The number of aldehydes is 1. The van der Waals surface area contributed by atoms with Crippen LogP contribution in [-0.2, 0) is 14.3 Å². The van der Waals surface area contributed by atoms with Crippen molar-refractivity contribution in [1.82, 2.24) is 4.90 Å². The summed E-state index contributed by atoms with van der Waals surface area (Å²) in [5, 5.41) is 0. The molecule has 1 rings (SSSR count). The Morgan fingerprint density at radius 3 is 1.72 bits per heavy atom. The summed E-state index contributed by atoms with van der Waals surface area (Å²) in [4.78, 5) is 23.0. The first-order chi connectivity index (χ1) is 11.9. The molecule has 1 amide bonds. The van der Waals surface area contributed by atoms with Gasteiger partial charge in [0.1, 0.15) is 6.29 Å². The molecule has 1 heterocycles. The summed E-state index contributed by atoms with van der Waals surface area (Å²) in [6.45, 7) is 19.4. The van der Waals surface area contributed by atoms with Crippen LogP contribution in [0, 0.1) is 5.92 Å². The second-order valence-electron chi connectivity index (χ2n) is 5.48. The number of hydrogen-bond acceptors (Lipinski definition) is 4. The molecule has 0 aromatic rings. The number of likely N-dealkylation sites (tertiary alicyclic amines) is 1. The zero-order valence-electron chi connectivity index (χ0n) is 19.0. The molecule has 0 aromatic heterocycles. The molecular weight excluding hydrogens is 316 g/mol. The smallest absolute Gasteiger partial charge is 0.236 e. The Morgan fingerprint density at radius 1 is 1.16 bits per heavy atom. The minimum absolute atomic E-state index is 0.00431. The van der Waals surface area contributed by atoms with Crippen molar-refractivity contribution in [2.24, 2.45) is 11.7 Å². The first-order valence-electron chi connectivity index (χ1n) is 9.70. The van der Waals surface area contributed by atoms with Gasteiger partial charge >= 0.3 is 0 Å². The largest absolute Gasteiger partial charge is 0.388 e. The minimum Gasteiger partial charge on any atom is -0.388 e. The molecule has 1 fully saturated rings. The Balaban J connectivity index is -0.0000000798. The molecule has 2 N–H and O–H groups in total. The number of amides is 1. The van der Waals surface area contributed by atoms with Gasteiger partial charge in [0.05, 0.1) is 12.6 Å². The van der Waals surface area contributed by atoms with Gasteiger partial charge in [-0.05, 0) is 18.8 Å². The molecular formula is C20H48N2O3. The third-order valence-corrected chi connectivity index (χ3v) is 1.95. The van der Waals surface area contributed by atoms with Gasteiger partial charge in [-0.2, -0.15) is 0 Å². The fraction of sp³-hybridized carbons (Fsp3) is 0.900. The van der Waals surface area contributed by atoms with E-state index in [1.165, 1.54) is 6.42 Å². The molecule has 0 aromatic carbocycles. The summed E-state index contributed by atoms with van der Waals surface area (Å²) >= 11 is 0. The normalized spacial score (nSPS) is 13.8. The zero-order valence-corrected chi connectivity index (χ0v) is 19.0. The Kier molecular flexibility index (Phi) is 48.5. The van der Waals surface area contributed by atoms with Crippen molar-refractivity contribution in [3.05, 3.63) is 0 Å². The molecule has 0 saturated carbocycles. The van der Waals surface area contributed by atoms with Crippen molar-refractivity contribution < 1.29 is 14.3 Å². The third kappa shape index (κ3) is 35.1. The predicted octanol–water partition coefficient (Wildman–Crippen LogP) is 4.53. The summed E-state index contributed by atoms with van der Waals surface area (Å²) in [7, 11) is 3.25. The maximum atomic E-state index is 11.0. The van der Waals surface area contributed by atoms with E-state index in [-0.39, 0.29) is 18.5 Å². The Labute approximate surface area is 158 Å². The van der Waals surface area contributed by atoms with E-state index in [0.29, 0.717) is 6.54 Å². The van der Waals surface area contributed by atoms with Gasteiger partial charge in [0.2, 0.25) is 5.91 Å². The lowest BCUT2D eigenvalue weighted by Gasteiger charge is -2.18. The highest BCUT2D eigenvalue weighted by molar-refractivity contribution is 5.81. The molecule has 5 nitrogen and oxygen atoms in total. The maximum absolute atomic E-state index is 11.0. The van der Waals surface area contributed by atoms with Crippen molar-refractivity contribution in [3.63, 3.8) is 0 Å². The van der Waals surface area contributed by atoms with Crippen molar-refractivity contribution in [1.29, 1.82) is 0 Å². The van der Waals surface area contributed by atoms with E-state index in [1.807, 2.05) is 27.7 Å². The molecule has 0 radical (unpaired) electrons. The monoisotopic (exact) mass is 364 g/mol. The number of methoxy groups -OCH3 is 1. The number of nitrogens with two attached hydrogens (primary N) is 1. The molecule has 1 saturated heterocycles. The lowest BCUT2D eigenvalue weighted by Crippen LogP contribution is -2.40. The van der Waals surface area contributed by atoms with Crippen LogP contribution in [0.25, 0.3) is 0 Å². The van der Waals surface area contributed by atoms with E-state index in [0.717, 1.165) is 25.0 Å². The second kappa shape index (κ2) is 34.4. The molecule has 0 spiro atoms. The van der Waals surface area contributed by atoms with E-state index >= 15 is 0 Å². The summed E-state index contributed by atoms with van der Waals surface area (Å²) in [5.41, 5.74) is 5.16. The summed E-state index contributed by atoms with van der Waals surface area (Å²) < 4.78 is 4.25. The highest BCUT2D eigenvalue weighted by Crippen LogP contribution is 2.14. The number of carbonyl (C=O) groups excluding carboxylic acids is 2. The van der Waals surface area contributed by atoms with E-state index in [4.69, 9.17) is 5.73 Å². The standard InChI is InChI=1S/C7H12N2O2.C4H10.C3H8.C2H6O.2C2H6/c8-4-7(11)9-3-1-2-6(9)5-10;1-4(2)3;2*1-3-2;2*1-2/h5-6H,1-4,8H2;4H,1-3H3;3H2,1-2H3;1-2H3;2*1-2H3. The van der Waals surface area contributed by atoms with Crippen molar-refractivity contribution in [2.45, 2.75) is 87.6 Å². The number of ether oxygens (including phenoxy) is 1. The zero-order chi connectivity index (χ0) is 21.3. The van der Waals surface area contributed by atoms with Gasteiger partial charge in [-0.3, -0.25) is 4.79 Å². The summed E-state index contributed by atoms with van der Waals surface area (Å²) in [6, 6.07) is -0.217. The summed E-state index contributed by atoms with van der Waals surface area (Å²) in [5.74, 6) is 0.708. The predicted molar refractivity (Wildman–Crippen MR) is 112 cm³/mol. The van der Waals surface area contributed by atoms with Crippen LogP contribution in [0.5, 0.6) is 0 Å². The van der Waals surface area contributed by atoms with Crippen LogP contribution in [0.15, 0.2) is 0 Å². The molecule has 0 bridgehead atoms. The lowest BCUT2D eigenvalue weighted by molar-refractivity contribution is -0.133. The average molecular weight is 365 g/mol. The van der Waals surface area contributed by atoms with Gasteiger partial charge in [0, 0.05) is 20.8 Å². The van der Waals surface area contributed by atoms with Gasteiger partial charge < -0.3 is 20.2 Å². The van der Waals surface area contributed by atoms with Crippen LogP contribution < -0.4 is 5.73 Å². The van der Waals surface area contributed by atoms with Gasteiger partial charge in [0.15, 0.2) is 0 Å².